The molecule has 0 amide bonds. The van der Waals surface area contributed by atoms with Crippen molar-refractivity contribution < 1.29 is 36.9 Å². The Balaban J connectivity index is -0.000000513. The minimum Gasteiger partial charge on any atom is -0.437 e. The summed E-state index contributed by atoms with van der Waals surface area (Å²) in [5.41, 5.74) is 0. The van der Waals surface area contributed by atoms with Crippen LogP contribution in [0.1, 0.15) is 13.8 Å². The average Bonchev–Trinajstić information content (AvgIpc) is 2.54. The standard InChI is InChI=1S/C9H26O5SSi3.C5H10O.C2H2O2/c1-7-12-8-15-9-18(10,11)14-17(5,6)13-16(2,3)4;1-3-5-6-4-2;3-1-2-4/h10-11H,7-9H2,1-6H3;3H,1,4-5H2,2H3;1-2H. The molecule has 0 aliphatic heterocycles. The lowest BCUT2D eigenvalue weighted by molar-refractivity contribution is -0.122. The highest BCUT2D eigenvalue weighted by Crippen LogP contribution is 2.20. The van der Waals surface area contributed by atoms with E-state index < -0.39 is 25.7 Å². The van der Waals surface area contributed by atoms with Crippen LogP contribution in [-0.4, -0.2) is 79.0 Å². The van der Waals surface area contributed by atoms with Gasteiger partial charge in [-0.25, -0.2) is 0 Å². The molecule has 8 nitrogen and oxygen atoms in total. The van der Waals surface area contributed by atoms with Gasteiger partial charge in [-0.15, -0.1) is 18.3 Å². The number of rotatable bonds is 13. The third-order valence-electron chi connectivity index (χ3n) is 2.12. The van der Waals surface area contributed by atoms with E-state index in [1.807, 2.05) is 26.9 Å². The topological polar surface area (TPSA) is 112 Å². The van der Waals surface area contributed by atoms with Gasteiger partial charge >= 0.3 is 17.4 Å². The van der Waals surface area contributed by atoms with Gasteiger partial charge in [0.05, 0.1) is 17.9 Å². The van der Waals surface area contributed by atoms with Crippen molar-refractivity contribution >= 4 is 50.0 Å². The number of hydrogen-bond acceptors (Lipinski definition) is 9. The Hall–Kier alpha value is -0.159. The average molecular weight is 475 g/mol. The highest BCUT2D eigenvalue weighted by molar-refractivity contribution is 8.00. The molecule has 0 atom stereocenters. The number of ether oxygens (including phenoxy) is 2. The molecule has 0 spiro atoms. The summed E-state index contributed by atoms with van der Waals surface area (Å²) in [6.45, 7) is 19.3. The minimum absolute atomic E-state index is 0.179. The van der Waals surface area contributed by atoms with Crippen molar-refractivity contribution in [1.29, 1.82) is 0 Å². The fourth-order valence-corrected chi connectivity index (χ4v) is 13.7. The molecule has 12 heteroatoms. The summed E-state index contributed by atoms with van der Waals surface area (Å²) in [7, 11) is -7.85. The normalized spacial score (nSPS) is 11.5. The smallest absolute Gasteiger partial charge is 0.437 e. The summed E-state index contributed by atoms with van der Waals surface area (Å²) in [5.74, 6) is 0.451. The molecule has 0 aromatic rings. The Morgan fingerprint density at radius 3 is 1.75 bits per heavy atom. The summed E-state index contributed by atoms with van der Waals surface area (Å²) in [5, 5.41) is 0.179. The Morgan fingerprint density at radius 2 is 1.43 bits per heavy atom. The fraction of sp³-hybridized carbons (Fsp3) is 0.750. The summed E-state index contributed by atoms with van der Waals surface area (Å²) in [6.07, 6.45) is 2.13. The Labute approximate surface area is 177 Å². The van der Waals surface area contributed by atoms with E-state index in [2.05, 4.69) is 26.2 Å². The molecule has 0 aliphatic carbocycles. The monoisotopic (exact) mass is 474 g/mol. The van der Waals surface area contributed by atoms with Gasteiger partial charge in [-0.05, 0) is 46.6 Å². The van der Waals surface area contributed by atoms with Crippen molar-refractivity contribution in [2.75, 3.05) is 31.1 Å². The highest BCUT2D eigenvalue weighted by atomic mass is 32.2. The Bertz CT molecular complexity index is 398. The van der Waals surface area contributed by atoms with E-state index in [9.17, 15) is 9.59 Å². The van der Waals surface area contributed by atoms with Gasteiger partial charge in [0, 0.05) is 13.2 Å². The van der Waals surface area contributed by atoms with Crippen LogP contribution in [0.15, 0.2) is 12.7 Å². The molecular formula is C16H38O8SSi3. The fourth-order valence-electron chi connectivity index (χ4n) is 1.70. The van der Waals surface area contributed by atoms with Crippen LogP contribution in [-0.2, 0) is 27.3 Å². The molecule has 0 rings (SSSR count). The van der Waals surface area contributed by atoms with Gasteiger partial charge in [0.1, 0.15) is 0 Å². The zero-order chi connectivity index (χ0) is 22.7. The van der Waals surface area contributed by atoms with Crippen LogP contribution in [0.25, 0.3) is 0 Å². The zero-order valence-corrected chi connectivity index (χ0v) is 22.0. The molecule has 0 aromatic heterocycles. The quantitative estimate of drug-likeness (QED) is 0.104. The van der Waals surface area contributed by atoms with Crippen molar-refractivity contribution in [3.8, 4) is 0 Å². The first-order chi connectivity index (χ1) is 12.8. The molecule has 0 radical (unpaired) electrons. The number of aldehydes is 2. The maximum absolute atomic E-state index is 9.91. The van der Waals surface area contributed by atoms with E-state index in [4.69, 9.17) is 27.3 Å². The van der Waals surface area contributed by atoms with Gasteiger partial charge in [0.2, 0.25) is 0 Å². The number of thioether (sulfide) groups is 1. The Morgan fingerprint density at radius 1 is 0.929 bits per heavy atom. The Kier molecular flexibility index (Phi) is 21.9. The molecule has 0 heterocycles. The maximum atomic E-state index is 9.91. The van der Waals surface area contributed by atoms with Gasteiger partial charge in [-0.2, -0.15) is 0 Å². The second-order valence-corrected chi connectivity index (χ2v) is 18.6. The summed E-state index contributed by atoms with van der Waals surface area (Å²) >= 11 is 1.34. The van der Waals surface area contributed by atoms with Gasteiger partial charge in [-0.1, -0.05) is 6.08 Å². The number of hydrogen-bond donors (Lipinski definition) is 2. The van der Waals surface area contributed by atoms with Gasteiger partial charge < -0.3 is 27.3 Å². The molecule has 168 valence electrons. The van der Waals surface area contributed by atoms with Crippen molar-refractivity contribution in [1.82, 2.24) is 0 Å². The van der Waals surface area contributed by atoms with Gasteiger partial charge in [0.15, 0.2) is 20.9 Å². The van der Waals surface area contributed by atoms with Gasteiger partial charge in [0.25, 0.3) is 0 Å². The molecule has 0 bridgehead atoms. The van der Waals surface area contributed by atoms with Crippen LogP contribution < -0.4 is 0 Å². The van der Waals surface area contributed by atoms with Crippen LogP contribution in [0, 0.1) is 0 Å². The zero-order valence-electron chi connectivity index (χ0n) is 18.2. The van der Waals surface area contributed by atoms with Crippen LogP contribution in [0.2, 0.25) is 32.7 Å². The predicted molar refractivity (Wildman–Crippen MR) is 121 cm³/mol. The van der Waals surface area contributed by atoms with Crippen LogP contribution in [0.5, 0.6) is 0 Å². The summed E-state index contributed by atoms with van der Waals surface area (Å²) in [6, 6.07) is 0. The number of carbonyl (C=O) groups is 2. The number of carbonyl (C=O) groups excluding carboxylic acids is 2. The van der Waals surface area contributed by atoms with Crippen molar-refractivity contribution in [2.45, 2.75) is 46.6 Å². The molecule has 0 saturated carbocycles. The van der Waals surface area contributed by atoms with E-state index in [1.165, 1.54) is 11.8 Å². The molecule has 0 saturated heterocycles. The molecule has 2 N–H and O–H groups in total. The lowest BCUT2D eigenvalue weighted by atomic mass is 10.7. The lowest BCUT2D eigenvalue weighted by Gasteiger charge is -2.34. The van der Waals surface area contributed by atoms with E-state index in [1.54, 1.807) is 6.08 Å². The minimum atomic E-state index is -3.65. The van der Waals surface area contributed by atoms with E-state index in [-0.39, 0.29) is 17.9 Å². The van der Waals surface area contributed by atoms with E-state index in [0.29, 0.717) is 19.2 Å². The third kappa shape index (κ3) is 30.6. The summed E-state index contributed by atoms with van der Waals surface area (Å²) in [4.78, 5) is 37.4. The van der Waals surface area contributed by atoms with Crippen LogP contribution in [0.4, 0.5) is 0 Å². The molecule has 0 aliphatic rings. The first kappa shape index (κ1) is 32.5. The third-order valence-corrected chi connectivity index (χ3v) is 12.5. The van der Waals surface area contributed by atoms with Crippen molar-refractivity contribution in [3.05, 3.63) is 12.7 Å². The van der Waals surface area contributed by atoms with E-state index >= 15 is 0 Å². The van der Waals surface area contributed by atoms with Gasteiger partial charge in [-0.3, -0.25) is 9.59 Å². The first-order valence-electron chi connectivity index (χ1n) is 8.88. The SMILES string of the molecule is C=CCOCC.CCOCSC[Si](O)(O)O[Si](C)(C)O[Si](C)(C)C.O=CC=O. The second-order valence-electron chi connectivity index (χ2n) is 6.64. The molecule has 0 fully saturated rings. The first-order valence-corrected chi connectivity index (χ1v) is 18.3. The molecule has 0 aromatic carbocycles. The lowest BCUT2D eigenvalue weighted by Crippen LogP contribution is -2.56. The predicted octanol–water partition coefficient (Wildman–Crippen LogP) is 2.34. The van der Waals surface area contributed by atoms with Crippen molar-refractivity contribution in [3.63, 3.8) is 0 Å². The summed E-state index contributed by atoms with van der Waals surface area (Å²) < 4.78 is 21.4. The highest BCUT2D eigenvalue weighted by Gasteiger charge is 2.43. The van der Waals surface area contributed by atoms with Crippen LogP contribution >= 0.6 is 11.8 Å². The van der Waals surface area contributed by atoms with Crippen molar-refractivity contribution in [2.24, 2.45) is 0 Å². The largest absolute Gasteiger partial charge is 0.497 e. The maximum Gasteiger partial charge on any atom is 0.497 e. The molecular weight excluding hydrogens is 436 g/mol. The van der Waals surface area contributed by atoms with E-state index in [0.717, 1.165) is 6.61 Å². The van der Waals surface area contributed by atoms with Crippen LogP contribution in [0.3, 0.4) is 0 Å². The molecule has 0 unspecified atom stereocenters. The second kappa shape index (κ2) is 18.8. The molecule has 28 heavy (non-hydrogen) atoms.